The molecule has 594 valence electrons. The molecule has 0 bridgehead atoms. The van der Waals surface area contributed by atoms with Crippen LogP contribution in [0.4, 0.5) is 0 Å². The van der Waals surface area contributed by atoms with Crippen LogP contribution in [0.5, 0.6) is 0 Å². The predicted octanol–water partition coefficient (Wildman–Crippen LogP) is 23.5. The van der Waals surface area contributed by atoms with Crippen LogP contribution in [0, 0.1) is 39.0 Å². The van der Waals surface area contributed by atoms with E-state index in [2.05, 4.69) is 370 Å². The van der Waals surface area contributed by atoms with E-state index >= 15 is 0 Å². The summed E-state index contributed by atoms with van der Waals surface area (Å²) >= 11 is 0. The summed E-state index contributed by atoms with van der Waals surface area (Å²) in [5, 5.41) is 0. The van der Waals surface area contributed by atoms with Crippen LogP contribution >= 0.6 is 0 Å². The predicted molar refractivity (Wildman–Crippen MR) is 479 cm³/mol. The van der Waals surface area contributed by atoms with E-state index in [1.807, 2.05) is 18.6 Å². The van der Waals surface area contributed by atoms with Crippen LogP contribution in [0.3, 0.4) is 0 Å². The third kappa shape index (κ3) is 16.1. The van der Waals surface area contributed by atoms with E-state index in [0.29, 0.717) is 0 Å². The fourth-order valence-corrected chi connectivity index (χ4v) is 17.4. The van der Waals surface area contributed by atoms with Gasteiger partial charge in [0.05, 0.1) is 33.6 Å². The SMILES string of the molecule is Cc1cc(-c2[c-]cc(-c3ccccc3C3CC(c4ccc(C(C)(C)C)cc4-c4c[c-]c(-c5cc(C)c(-c6ccccc6)cn5)cc4B4OC(C)(C)C(C)(C)O4)CC(c4ccc(C(C)(C)C)cc4-c4c[c-]c(-c5cc(C)c(-c6ccccc6)cn5)cc4B4OC(C)(C)C(C)(C)O4)C3)c(B3OC(C)(C)C(C)(C)O3)c2)ncc1-c1ccccc1.[Ir+3]. The number of hydrogen-bond donors (Lipinski definition) is 0. The molecule has 3 aromatic heterocycles. The number of rotatable bonds is 15. The molecule has 0 spiro atoms. The number of nitrogens with zero attached hydrogens (tertiary/aromatic N) is 3. The second-order valence-corrected chi connectivity index (χ2v) is 38.2. The fourth-order valence-electron chi connectivity index (χ4n) is 17.4. The van der Waals surface area contributed by atoms with Crippen molar-refractivity contribution in [1.82, 2.24) is 15.0 Å². The first-order valence-corrected chi connectivity index (χ1v) is 41.6. The van der Waals surface area contributed by atoms with E-state index in [-0.39, 0.29) is 48.7 Å². The van der Waals surface area contributed by atoms with Crippen LogP contribution in [0.25, 0.3) is 101 Å². The zero-order valence-electron chi connectivity index (χ0n) is 72.1. The zero-order valence-corrected chi connectivity index (χ0v) is 74.5. The van der Waals surface area contributed by atoms with E-state index < -0.39 is 55.0 Å². The minimum Gasteiger partial charge on any atom is -0.400 e. The summed E-state index contributed by atoms with van der Waals surface area (Å²) in [5.74, 6) is -0.0303. The Balaban J connectivity index is 0.0000107. The molecule has 13 heteroatoms. The Labute approximate surface area is 710 Å². The summed E-state index contributed by atoms with van der Waals surface area (Å²) < 4.78 is 43.3. The topological polar surface area (TPSA) is 94.1 Å². The van der Waals surface area contributed by atoms with Crippen LogP contribution in [-0.4, -0.2) is 69.9 Å². The molecule has 3 saturated heterocycles. The van der Waals surface area contributed by atoms with Crippen molar-refractivity contribution in [2.75, 3.05) is 0 Å². The summed E-state index contributed by atoms with van der Waals surface area (Å²) in [6.07, 6.45) is 8.49. The Kier molecular flexibility index (Phi) is 22.2. The van der Waals surface area contributed by atoms with Gasteiger partial charge in [-0.3, -0.25) is 0 Å². The Morgan fingerprint density at radius 2 is 0.573 bits per heavy atom. The molecule has 6 heterocycles. The Hall–Kier alpha value is -8.97. The molecule has 0 amide bonds. The maximum absolute atomic E-state index is 7.23. The molecule has 2 unspecified atom stereocenters. The van der Waals surface area contributed by atoms with E-state index in [1.165, 1.54) is 27.8 Å². The Morgan fingerprint density at radius 1 is 0.308 bits per heavy atom. The molecule has 0 N–H and O–H groups in total. The number of aromatic nitrogens is 3. The van der Waals surface area contributed by atoms with Gasteiger partial charge in [0.2, 0.25) is 0 Å². The molecular weight excluding hydrogens is 1610 g/mol. The molecule has 9 aromatic carbocycles. The Morgan fingerprint density at radius 3 is 0.855 bits per heavy atom. The summed E-state index contributed by atoms with van der Waals surface area (Å²) in [7, 11) is -2.14. The van der Waals surface area contributed by atoms with Gasteiger partial charge in [-0.2, -0.15) is 0 Å². The van der Waals surface area contributed by atoms with Crippen molar-refractivity contribution in [3.8, 4) is 101 Å². The van der Waals surface area contributed by atoms with Crippen LogP contribution in [0.15, 0.2) is 225 Å². The molecule has 16 rings (SSSR count). The summed E-state index contributed by atoms with van der Waals surface area (Å²) in [6.45, 7) is 46.1. The van der Waals surface area contributed by atoms with Crippen LogP contribution < -0.4 is 16.4 Å². The van der Waals surface area contributed by atoms with Gasteiger partial charge < -0.3 is 42.9 Å². The van der Waals surface area contributed by atoms with Gasteiger partial charge in [0.1, 0.15) is 0 Å². The average molecular weight is 1720 g/mol. The van der Waals surface area contributed by atoms with Crippen molar-refractivity contribution in [2.24, 2.45) is 0 Å². The molecule has 9 nitrogen and oxygen atoms in total. The second-order valence-electron chi connectivity index (χ2n) is 38.2. The van der Waals surface area contributed by atoms with Crippen LogP contribution in [0.2, 0.25) is 0 Å². The third-order valence-electron chi connectivity index (χ3n) is 26.6. The minimum absolute atomic E-state index is 0. The van der Waals surface area contributed by atoms with Crippen molar-refractivity contribution < 1.29 is 48.0 Å². The van der Waals surface area contributed by atoms with Gasteiger partial charge in [-0.05, 0) is 230 Å². The summed E-state index contributed by atoms with van der Waals surface area (Å²) in [6, 6.07) is 86.7. The molecule has 3 aliphatic heterocycles. The van der Waals surface area contributed by atoms with Gasteiger partial charge in [0.15, 0.2) is 0 Å². The zero-order chi connectivity index (χ0) is 82.0. The van der Waals surface area contributed by atoms with E-state index in [4.69, 9.17) is 42.9 Å². The number of aryl methyl sites for hydroxylation is 3. The average Bonchev–Trinajstić information content (AvgIpc) is 1.52. The molecule has 1 aliphatic carbocycles. The molecule has 117 heavy (non-hydrogen) atoms. The first-order chi connectivity index (χ1) is 54.9. The molecule has 2 atom stereocenters. The van der Waals surface area contributed by atoms with Gasteiger partial charge in [0.25, 0.3) is 0 Å². The number of benzene rings is 9. The molecule has 12 aromatic rings. The maximum atomic E-state index is 7.23. The van der Waals surface area contributed by atoms with Crippen molar-refractivity contribution in [2.45, 2.75) is 227 Å². The maximum Gasteiger partial charge on any atom is 3.00 e. The molecule has 4 aliphatic rings. The van der Waals surface area contributed by atoms with E-state index in [0.717, 1.165) is 153 Å². The second kappa shape index (κ2) is 31.3. The fraction of sp³-hybridized carbons (Fsp3) is 0.337. The quantitative estimate of drug-likeness (QED) is 0.0735. The number of hydrogen-bond acceptors (Lipinski definition) is 9. The van der Waals surface area contributed by atoms with Gasteiger partial charge in [0, 0.05) is 35.3 Å². The monoisotopic (exact) mass is 1720 g/mol. The van der Waals surface area contributed by atoms with Gasteiger partial charge >= 0.3 is 41.5 Å². The van der Waals surface area contributed by atoms with Gasteiger partial charge in [-0.25, -0.2) is 0 Å². The third-order valence-corrected chi connectivity index (χ3v) is 26.6. The molecule has 1 saturated carbocycles. The minimum atomic E-state index is -0.716. The molecular formula is C104H109B3IrN3O6. The van der Waals surface area contributed by atoms with E-state index in [1.54, 1.807) is 0 Å². The number of pyridine rings is 3. The first kappa shape index (κ1) is 83.1. The smallest absolute Gasteiger partial charge is 0.400 e. The van der Waals surface area contributed by atoms with Crippen molar-refractivity contribution in [3.63, 3.8) is 0 Å². The summed E-state index contributed by atoms with van der Waals surface area (Å²) in [5.41, 5.74) is 26.4. The molecule has 0 radical (unpaired) electrons. The summed E-state index contributed by atoms with van der Waals surface area (Å²) in [4.78, 5) is 15.6. The molecule has 4 fully saturated rings. The largest absolute Gasteiger partial charge is 3.00 e. The van der Waals surface area contributed by atoms with Crippen molar-refractivity contribution in [3.05, 3.63) is 288 Å². The van der Waals surface area contributed by atoms with Crippen LogP contribution in [-0.2, 0) is 58.9 Å². The van der Waals surface area contributed by atoms with Crippen molar-refractivity contribution >= 4 is 37.7 Å². The van der Waals surface area contributed by atoms with Gasteiger partial charge in [-0.15, -0.1) is 71.3 Å². The van der Waals surface area contributed by atoms with E-state index in [9.17, 15) is 0 Å². The first-order valence-electron chi connectivity index (χ1n) is 41.6. The normalized spacial score (nSPS) is 19.2. The van der Waals surface area contributed by atoms with Crippen molar-refractivity contribution in [1.29, 1.82) is 0 Å². The van der Waals surface area contributed by atoms with Crippen LogP contribution in [0.1, 0.15) is 206 Å². The Bertz CT molecular complexity index is 5440. The van der Waals surface area contributed by atoms with Gasteiger partial charge in [-0.1, -0.05) is 261 Å². The standard InChI is InChI=1S/C104H109B3N3O6.Ir/c1-65-51-94(108-62-88(65)68-33-25-22-26-34-68)71-41-46-83(91(57-71)105-111-99(10,11)100(12,13)112-105)82-40-32-31-39-79(82)74-54-75(80-49-44-77(97(4,5)6)60-86(80)84-47-42-72(58-92(84)106-113-101(14,15)102(16,17)114-106)95-52-66(2)89(63-109-95)69-35-27-23-28-36-69)56-76(55-74)81-50-45-78(98(7,8)9)61-87(81)85-48-43-73(59-93(85)107-115-103(18,19)104(20,21)116-107)96-53-67(3)90(64-110-96)70-37-29-24-30-38-70;/h22-40,44-53,57-64,74-76H,54-56H2,1-21H3;/q-3;+3.